The second-order valence-corrected chi connectivity index (χ2v) is 9.11. The Morgan fingerprint density at radius 1 is 0.714 bits per heavy atom. The molecule has 0 aliphatic carbocycles. The lowest BCUT2D eigenvalue weighted by Gasteiger charge is -2.10. The van der Waals surface area contributed by atoms with E-state index in [4.69, 9.17) is 9.47 Å². The summed E-state index contributed by atoms with van der Waals surface area (Å²) in [5.41, 5.74) is 4.27. The first-order valence-corrected chi connectivity index (χ1v) is 12.7. The molecule has 0 aromatic heterocycles. The third-order valence-corrected chi connectivity index (χ3v) is 6.22. The van der Waals surface area contributed by atoms with Gasteiger partial charge in [0.2, 0.25) is 0 Å². The number of esters is 2. The molecule has 0 aliphatic rings. The molecule has 3 rings (SSSR count). The van der Waals surface area contributed by atoms with Crippen LogP contribution in [0.15, 0.2) is 72.8 Å². The number of ether oxygens (including phenoxy) is 2. The quantitative estimate of drug-likeness (QED) is 0.153. The highest BCUT2D eigenvalue weighted by atomic mass is 16.5. The van der Waals surface area contributed by atoms with Gasteiger partial charge in [0, 0.05) is 0 Å². The van der Waals surface area contributed by atoms with Crippen molar-refractivity contribution in [3.05, 3.63) is 89.5 Å². The standard InChI is InChI=1S/C31H36O4/c1-4-6-7-8-9-24-10-12-28(13-11-24)31(33)35-29-20-18-26(19-21-29)25-14-16-27(17-15-25)30(32)34-22-23(3)5-2/h10-21,23H,4-9,22H2,1-3H3. The Hall–Kier alpha value is -3.40. The van der Waals surface area contributed by atoms with Crippen LogP contribution in [0.4, 0.5) is 0 Å². The summed E-state index contributed by atoms with van der Waals surface area (Å²) >= 11 is 0. The van der Waals surface area contributed by atoms with Crippen molar-refractivity contribution >= 4 is 11.9 Å². The fourth-order valence-electron chi connectivity index (χ4n) is 3.66. The summed E-state index contributed by atoms with van der Waals surface area (Å²) in [6, 6.07) is 22.4. The lowest BCUT2D eigenvalue weighted by Crippen LogP contribution is -2.11. The summed E-state index contributed by atoms with van der Waals surface area (Å²) in [5, 5.41) is 0. The average Bonchev–Trinajstić information content (AvgIpc) is 2.90. The van der Waals surface area contributed by atoms with Crippen molar-refractivity contribution in [3.8, 4) is 16.9 Å². The molecule has 0 saturated heterocycles. The number of aryl methyl sites for hydroxylation is 1. The molecule has 0 saturated carbocycles. The van der Waals surface area contributed by atoms with Gasteiger partial charge < -0.3 is 9.47 Å². The number of carbonyl (C=O) groups excluding carboxylic acids is 2. The number of hydrogen-bond donors (Lipinski definition) is 0. The second kappa shape index (κ2) is 13.5. The van der Waals surface area contributed by atoms with E-state index in [9.17, 15) is 9.59 Å². The van der Waals surface area contributed by atoms with Crippen molar-refractivity contribution in [1.82, 2.24) is 0 Å². The average molecular weight is 473 g/mol. The molecule has 184 valence electrons. The molecule has 1 unspecified atom stereocenters. The highest BCUT2D eigenvalue weighted by Crippen LogP contribution is 2.24. The molecule has 35 heavy (non-hydrogen) atoms. The van der Waals surface area contributed by atoms with E-state index in [1.807, 2.05) is 48.5 Å². The van der Waals surface area contributed by atoms with E-state index in [1.165, 1.54) is 31.2 Å². The highest BCUT2D eigenvalue weighted by Gasteiger charge is 2.11. The maximum atomic E-state index is 12.5. The smallest absolute Gasteiger partial charge is 0.343 e. The predicted molar refractivity (Wildman–Crippen MR) is 141 cm³/mol. The lowest BCUT2D eigenvalue weighted by atomic mass is 10.0. The van der Waals surface area contributed by atoms with Crippen molar-refractivity contribution in [3.63, 3.8) is 0 Å². The summed E-state index contributed by atoms with van der Waals surface area (Å²) in [5.74, 6) is 0.178. The minimum Gasteiger partial charge on any atom is -0.462 e. The zero-order chi connectivity index (χ0) is 25.0. The molecule has 0 spiro atoms. The third kappa shape index (κ3) is 8.10. The molecule has 1 atom stereocenters. The topological polar surface area (TPSA) is 52.6 Å². The van der Waals surface area contributed by atoms with Gasteiger partial charge in [-0.05, 0) is 71.8 Å². The van der Waals surface area contributed by atoms with Crippen molar-refractivity contribution in [2.75, 3.05) is 6.61 Å². The first-order chi connectivity index (χ1) is 17.0. The van der Waals surface area contributed by atoms with Crippen LogP contribution in [0.1, 0.15) is 79.2 Å². The van der Waals surface area contributed by atoms with Gasteiger partial charge in [-0.1, -0.05) is 82.9 Å². The number of benzene rings is 3. The Balaban J connectivity index is 1.54. The van der Waals surface area contributed by atoms with Crippen LogP contribution < -0.4 is 4.74 Å². The fraction of sp³-hybridized carbons (Fsp3) is 0.355. The van der Waals surface area contributed by atoms with Crippen molar-refractivity contribution in [2.45, 2.75) is 59.3 Å². The summed E-state index contributed by atoms with van der Waals surface area (Å²) in [4.78, 5) is 24.7. The fourth-order valence-corrected chi connectivity index (χ4v) is 3.66. The number of rotatable bonds is 12. The largest absolute Gasteiger partial charge is 0.462 e. The third-order valence-electron chi connectivity index (χ3n) is 6.22. The molecule has 0 amide bonds. The molecule has 0 radical (unpaired) electrons. The van der Waals surface area contributed by atoms with Crippen LogP contribution >= 0.6 is 0 Å². The molecule has 4 nitrogen and oxygen atoms in total. The zero-order valence-corrected chi connectivity index (χ0v) is 21.1. The Bertz CT molecular complexity index is 1070. The van der Waals surface area contributed by atoms with Gasteiger partial charge in [-0.2, -0.15) is 0 Å². The molecule has 0 heterocycles. The van der Waals surface area contributed by atoms with Crippen LogP contribution in [0.5, 0.6) is 5.75 Å². The van der Waals surface area contributed by atoms with E-state index in [1.54, 1.807) is 24.3 Å². The van der Waals surface area contributed by atoms with Gasteiger partial charge in [-0.25, -0.2) is 9.59 Å². The summed E-state index contributed by atoms with van der Waals surface area (Å²) in [7, 11) is 0. The maximum absolute atomic E-state index is 12.5. The Labute approximate surface area is 209 Å². The Kier molecular flexibility index (Phi) is 10.1. The van der Waals surface area contributed by atoms with Gasteiger partial charge >= 0.3 is 11.9 Å². The molecular weight excluding hydrogens is 436 g/mol. The van der Waals surface area contributed by atoms with Gasteiger partial charge in [0.1, 0.15) is 5.75 Å². The number of hydrogen-bond acceptors (Lipinski definition) is 4. The first-order valence-electron chi connectivity index (χ1n) is 12.7. The van der Waals surface area contributed by atoms with E-state index in [-0.39, 0.29) is 11.9 Å². The predicted octanol–water partition coefficient (Wildman–Crippen LogP) is 7.90. The maximum Gasteiger partial charge on any atom is 0.343 e. The SMILES string of the molecule is CCCCCCc1ccc(C(=O)Oc2ccc(-c3ccc(C(=O)OCC(C)CC)cc3)cc2)cc1. The highest BCUT2D eigenvalue weighted by molar-refractivity contribution is 5.91. The summed E-state index contributed by atoms with van der Waals surface area (Å²) in [6.45, 7) is 6.78. The van der Waals surface area contributed by atoms with E-state index in [2.05, 4.69) is 20.8 Å². The molecular formula is C31H36O4. The Morgan fingerprint density at radius 2 is 1.29 bits per heavy atom. The van der Waals surface area contributed by atoms with Crippen LogP contribution in [0.2, 0.25) is 0 Å². The monoisotopic (exact) mass is 472 g/mol. The van der Waals surface area contributed by atoms with E-state index in [0.29, 0.717) is 29.4 Å². The number of carbonyl (C=O) groups is 2. The van der Waals surface area contributed by atoms with Crippen LogP contribution in [0.25, 0.3) is 11.1 Å². The van der Waals surface area contributed by atoms with Crippen molar-refractivity contribution in [1.29, 1.82) is 0 Å². The first kappa shape index (κ1) is 26.2. The second-order valence-electron chi connectivity index (χ2n) is 9.11. The molecule has 3 aromatic rings. The van der Waals surface area contributed by atoms with E-state index >= 15 is 0 Å². The molecule has 0 fully saturated rings. The normalized spacial score (nSPS) is 11.6. The molecule has 0 bridgehead atoms. The lowest BCUT2D eigenvalue weighted by molar-refractivity contribution is 0.0447. The number of unbranched alkanes of at least 4 members (excludes halogenated alkanes) is 3. The van der Waals surface area contributed by atoms with Crippen LogP contribution in [-0.2, 0) is 11.2 Å². The van der Waals surface area contributed by atoms with Gasteiger partial charge in [-0.3, -0.25) is 0 Å². The Morgan fingerprint density at radius 3 is 1.89 bits per heavy atom. The molecule has 4 heteroatoms. The summed E-state index contributed by atoms with van der Waals surface area (Å²) in [6.07, 6.45) is 6.93. The van der Waals surface area contributed by atoms with Crippen LogP contribution in [-0.4, -0.2) is 18.5 Å². The molecule has 0 aliphatic heterocycles. The van der Waals surface area contributed by atoms with E-state index in [0.717, 1.165) is 24.0 Å². The van der Waals surface area contributed by atoms with Crippen LogP contribution in [0.3, 0.4) is 0 Å². The molecule has 0 N–H and O–H groups in total. The molecule has 3 aromatic carbocycles. The minimum atomic E-state index is -0.365. The van der Waals surface area contributed by atoms with Gasteiger partial charge in [0.25, 0.3) is 0 Å². The van der Waals surface area contributed by atoms with Crippen molar-refractivity contribution in [2.24, 2.45) is 5.92 Å². The van der Waals surface area contributed by atoms with Crippen molar-refractivity contribution < 1.29 is 19.1 Å². The van der Waals surface area contributed by atoms with E-state index < -0.39 is 0 Å². The summed E-state index contributed by atoms with van der Waals surface area (Å²) < 4.78 is 10.9. The van der Waals surface area contributed by atoms with Gasteiger partial charge in [-0.15, -0.1) is 0 Å². The zero-order valence-electron chi connectivity index (χ0n) is 21.1. The minimum absolute atomic E-state index is 0.302. The van der Waals surface area contributed by atoms with Gasteiger partial charge in [0.15, 0.2) is 0 Å². The van der Waals surface area contributed by atoms with Crippen LogP contribution in [0, 0.1) is 5.92 Å². The van der Waals surface area contributed by atoms with Gasteiger partial charge in [0.05, 0.1) is 17.7 Å².